The average molecular weight is 277 g/mol. The number of nitrogens with two attached hydrogens (primary N) is 1. The summed E-state index contributed by atoms with van der Waals surface area (Å²) in [5.74, 6) is -0.113. The molecule has 1 aromatic carbocycles. The van der Waals surface area contributed by atoms with E-state index >= 15 is 0 Å². The lowest BCUT2D eigenvalue weighted by Crippen LogP contribution is -2.08. The summed E-state index contributed by atoms with van der Waals surface area (Å²) < 4.78 is 14.1. The molecule has 1 nitrogen and oxygen atoms in total. The van der Waals surface area contributed by atoms with E-state index in [-0.39, 0.29) is 11.9 Å². The first-order chi connectivity index (χ1) is 5.70. The van der Waals surface area contributed by atoms with Crippen LogP contribution in [0.15, 0.2) is 12.1 Å². The molecule has 2 rings (SSSR count). The molecule has 0 spiro atoms. The van der Waals surface area contributed by atoms with Crippen LogP contribution < -0.4 is 5.73 Å². The zero-order valence-electron chi connectivity index (χ0n) is 6.48. The van der Waals surface area contributed by atoms with Gasteiger partial charge in [0.05, 0.1) is 0 Å². The van der Waals surface area contributed by atoms with E-state index in [2.05, 4.69) is 0 Å². The normalized spacial score (nSPS) is 21.1. The standard InChI is InChI=1S/C9H9FIN/c10-9-6(11)3-1-5-2-4-7(12)8(5)9/h1,3,7H,2,4,12H2/t7-/m0/s1. The van der Waals surface area contributed by atoms with Crippen LogP contribution in [-0.4, -0.2) is 0 Å². The molecule has 1 aliphatic carbocycles. The summed E-state index contributed by atoms with van der Waals surface area (Å²) in [4.78, 5) is 0. The van der Waals surface area contributed by atoms with Crippen LogP contribution in [0.25, 0.3) is 0 Å². The largest absolute Gasteiger partial charge is 0.324 e. The van der Waals surface area contributed by atoms with Crippen LogP contribution >= 0.6 is 22.6 Å². The smallest absolute Gasteiger partial charge is 0.141 e. The van der Waals surface area contributed by atoms with E-state index in [1.807, 2.05) is 34.7 Å². The summed E-state index contributed by atoms with van der Waals surface area (Å²) in [7, 11) is 0. The van der Waals surface area contributed by atoms with Crippen molar-refractivity contribution in [2.24, 2.45) is 5.73 Å². The number of halogens is 2. The van der Waals surface area contributed by atoms with Gasteiger partial charge in [0.25, 0.3) is 0 Å². The Hall–Kier alpha value is -0.160. The van der Waals surface area contributed by atoms with Crippen molar-refractivity contribution < 1.29 is 4.39 Å². The molecule has 2 N–H and O–H groups in total. The summed E-state index contributed by atoms with van der Waals surface area (Å²) >= 11 is 2.00. The monoisotopic (exact) mass is 277 g/mol. The molecule has 0 amide bonds. The average Bonchev–Trinajstić information content (AvgIpc) is 2.41. The van der Waals surface area contributed by atoms with Crippen molar-refractivity contribution in [2.75, 3.05) is 0 Å². The zero-order valence-corrected chi connectivity index (χ0v) is 8.64. The highest BCUT2D eigenvalue weighted by Gasteiger charge is 2.23. The molecule has 0 aromatic heterocycles. The van der Waals surface area contributed by atoms with Gasteiger partial charge in [-0.2, -0.15) is 0 Å². The molecule has 0 unspecified atom stereocenters. The fourth-order valence-electron chi connectivity index (χ4n) is 1.68. The summed E-state index contributed by atoms with van der Waals surface area (Å²) in [6.07, 6.45) is 1.80. The van der Waals surface area contributed by atoms with E-state index in [0.29, 0.717) is 3.57 Å². The van der Waals surface area contributed by atoms with Crippen molar-refractivity contribution >= 4 is 22.6 Å². The number of rotatable bonds is 0. The Bertz CT molecular complexity index is 325. The molecule has 1 aliphatic rings. The van der Waals surface area contributed by atoms with Gasteiger partial charge < -0.3 is 5.73 Å². The Balaban J connectivity index is 2.63. The maximum Gasteiger partial charge on any atom is 0.141 e. The van der Waals surface area contributed by atoms with Gasteiger partial charge in [0, 0.05) is 15.2 Å². The van der Waals surface area contributed by atoms with Crippen LogP contribution in [0, 0.1) is 9.39 Å². The summed E-state index contributed by atoms with van der Waals surface area (Å²) in [5.41, 5.74) is 7.59. The molecule has 0 heterocycles. The van der Waals surface area contributed by atoms with Crippen molar-refractivity contribution in [1.82, 2.24) is 0 Å². The van der Waals surface area contributed by atoms with Crippen LogP contribution in [-0.2, 0) is 6.42 Å². The van der Waals surface area contributed by atoms with Crippen molar-refractivity contribution in [2.45, 2.75) is 18.9 Å². The van der Waals surface area contributed by atoms with Crippen LogP contribution in [0.2, 0.25) is 0 Å². The first-order valence-electron chi connectivity index (χ1n) is 3.92. The molecule has 1 atom stereocenters. The third kappa shape index (κ3) is 1.15. The highest BCUT2D eigenvalue weighted by atomic mass is 127. The SMILES string of the molecule is N[C@H]1CCc2ccc(I)c(F)c21. The molecule has 12 heavy (non-hydrogen) atoms. The van der Waals surface area contributed by atoms with Gasteiger partial charge in [-0.25, -0.2) is 4.39 Å². The van der Waals surface area contributed by atoms with Crippen LogP contribution in [0.3, 0.4) is 0 Å². The molecule has 3 heteroatoms. The van der Waals surface area contributed by atoms with E-state index in [1.165, 1.54) is 0 Å². The van der Waals surface area contributed by atoms with Crippen molar-refractivity contribution in [3.05, 3.63) is 32.6 Å². The third-order valence-corrected chi connectivity index (χ3v) is 3.15. The molecule has 0 fully saturated rings. The van der Waals surface area contributed by atoms with Crippen molar-refractivity contribution in [3.63, 3.8) is 0 Å². The fraction of sp³-hybridized carbons (Fsp3) is 0.333. The second kappa shape index (κ2) is 2.96. The fourth-order valence-corrected chi connectivity index (χ4v) is 2.15. The second-order valence-electron chi connectivity index (χ2n) is 3.08. The maximum absolute atomic E-state index is 13.5. The first kappa shape index (κ1) is 8.44. The lowest BCUT2D eigenvalue weighted by Gasteiger charge is -2.06. The molecule has 0 radical (unpaired) electrons. The van der Waals surface area contributed by atoms with Gasteiger partial charge in [-0.15, -0.1) is 0 Å². The predicted molar refractivity (Wildman–Crippen MR) is 54.4 cm³/mol. The number of hydrogen-bond acceptors (Lipinski definition) is 1. The molecule has 64 valence electrons. The molecule has 0 saturated heterocycles. The number of fused-ring (bicyclic) bond motifs is 1. The number of aryl methyl sites for hydroxylation is 1. The molecule has 0 saturated carbocycles. The highest BCUT2D eigenvalue weighted by Crippen LogP contribution is 2.33. The van der Waals surface area contributed by atoms with E-state index < -0.39 is 0 Å². The second-order valence-corrected chi connectivity index (χ2v) is 4.24. The minimum absolute atomic E-state index is 0.0882. The van der Waals surface area contributed by atoms with Crippen LogP contribution in [0.1, 0.15) is 23.6 Å². The lowest BCUT2D eigenvalue weighted by molar-refractivity contribution is 0.582. The number of benzene rings is 1. The third-order valence-electron chi connectivity index (χ3n) is 2.32. The van der Waals surface area contributed by atoms with E-state index in [1.54, 1.807) is 0 Å². The summed E-state index contributed by atoms with van der Waals surface area (Å²) in [6.45, 7) is 0. The molecule has 0 aliphatic heterocycles. The van der Waals surface area contributed by atoms with Gasteiger partial charge >= 0.3 is 0 Å². The summed E-state index contributed by atoms with van der Waals surface area (Å²) in [5, 5.41) is 0. The topological polar surface area (TPSA) is 26.0 Å². The van der Waals surface area contributed by atoms with Gasteiger partial charge in [0.15, 0.2) is 0 Å². The molecular formula is C9H9FIN. The summed E-state index contributed by atoms with van der Waals surface area (Å²) in [6, 6.07) is 3.70. The minimum atomic E-state index is -0.113. The molecule has 0 bridgehead atoms. The van der Waals surface area contributed by atoms with Crippen LogP contribution in [0.5, 0.6) is 0 Å². The van der Waals surface area contributed by atoms with Crippen molar-refractivity contribution in [1.29, 1.82) is 0 Å². The van der Waals surface area contributed by atoms with E-state index in [9.17, 15) is 4.39 Å². The van der Waals surface area contributed by atoms with Gasteiger partial charge in [0.1, 0.15) is 5.82 Å². The minimum Gasteiger partial charge on any atom is -0.324 e. The zero-order chi connectivity index (χ0) is 8.72. The Labute approximate surface area is 84.3 Å². The number of hydrogen-bond donors (Lipinski definition) is 1. The Morgan fingerprint density at radius 3 is 3.00 bits per heavy atom. The van der Waals surface area contributed by atoms with E-state index in [4.69, 9.17) is 5.73 Å². The Morgan fingerprint density at radius 1 is 1.50 bits per heavy atom. The van der Waals surface area contributed by atoms with Gasteiger partial charge in [-0.05, 0) is 47.1 Å². The van der Waals surface area contributed by atoms with Gasteiger partial charge in [-0.3, -0.25) is 0 Å². The lowest BCUT2D eigenvalue weighted by atomic mass is 10.1. The maximum atomic E-state index is 13.5. The molecular weight excluding hydrogens is 268 g/mol. The quantitative estimate of drug-likeness (QED) is 0.724. The van der Waals surface area contributed by atoms with Gasteiger partial charge in [-0.1, -0.05) is 6.07 Å². The van der Waals surface area contributed by atoms with Crippen molar-refractivity contribution in [3.8, 4) is 0 Å². The predicted octanol–water partition coefficient (Wildman–Crippen LogP) is 2.38. The first-order valence-corrected chi connectivity index (χ1v) is 5.00. The Morgan fingerprint density at radius 2 is 2.25 bits per heavy atom. The van der Waals surface area contributed by atoms with Gasteiger partial charge in [0.2, 0.25) is 0 Å². The van der Waals surface area contributed by atoms with E-state index in [0.717, 1.165) is 24.0 Å². The Kier molecular flexibility index (Phi) is 2.08. The highest BCUT2D eigenvalue weighted by molar-refractivity contribution is 14.1. The molecule has 1 aromatic rings. The van der Waals surface area contributed by atoms with Crippen LogP contribution in [0.4, 0.5) is 4.39 Å².